The molecule has 0 spiro atoms. The number of carboxylic acids is 1. The maximum atomic E-state index is 10.7. The Morgan fingerprint density at radius 1 is 1.12 bits per heavy atom. The molecule has 2 N–H and O–H groups in total. The van der Waals surface area contributed by atoms with Crippen LogP contribution in [0.4, 0.5) is 0 Å². The highest BCUT2D eigenvalue weighted by Gasteiger charge is 2.31. The number of carbonyl (C=O) groups is 1. The van der Waals surface area contributed by atoms with Crippen molar-refractivity contribution in [2.45, 2.75) is 44.6 Å². The van der Waals surface area contributed by atoms with Crippen molar-refractivity contribution in [1.82, 2.24) is 0 Å². The normalized spacial score (nSPS) is 18.0. The van der Waals surface area contributed by atoms with Crippen molar-refractivity contribution < 1.29 is 15.0 Å². The van der Waals surface area contributed by atoms with Crippen LogP contribution < -0.4 is 0 Å². The van der Waals surface area contributed by atoms with Crippen LogP contribution >= 0.6 is 0 Å². The predicted molar refractivity (Wildman–Crippen MR) is 97.4 cm³/mol. The van der Waals surface area contributed by atoms with Crippen molar-refractivity contribution in [3.8, 4) is 11.8 Å². The van der Waals surface area contributed by atoms with E-state index < -0.39 is 5.97 Å². The largest absolute Gasteiger partial charge is 0.481 e. The van der Waals surface area contributed by atoms with Gasteiger partial charge in [0.1, 0.15) is 0 Å². The smallest absolute Gasteiger partial charge is 0.307 e. The molecule has 128 valence electrons. The Morgan fingerprint density at radius 2 is 1.76 bits per heavy atom. The molecule has 3 heteroatoms. The van der Waals surface area contributed by atoms with Crippen LogP contribution in [0.5, 0.6) is 0 Å². The lowest BCUT2D eigenvalue weighted by atomic mass is 9.71. The standard InChI is InChI=1S/C22H22O3/c1-22(2)12-11-20(23)18-10-9-16(13-19(18)22)6-3-15-4-7-17(8-5-15)14-21(24)25/h4-5,7-10,13,20,23H,11-12,14H2,1-2H3,(H,24,25). The Balaban J connectivity index is 1.85. The summed E-state index contributed by atoms with van der Waals surface area (Å²) in [7, 11) is 0. The van der Waals surface area contributed by atoms with E-state index >= 15 is 0 Å². The molecule has 0 amide bonds. The van der Waals surface area contributed by atoms with Gasteiger partial charge in [-0.2, -0.15) is 0 Å². The molecule has 0 bridgehead atoms. The number of hydrogen-bond donors (Lipinski definition) is 2. The summed E-state index contributed by atoms with van der Waals surface area (Å²) in [6.07, 6.45) is 1.40. The molecule has 0 saturated carbocycles. The van der Waals surface area contributed by atoms with Gasteiger partial charge in [0.2, 0.25) is 0 Å². The van der Waals surface area contributed by atoms with E-state index in [9.17, 15) is 9.90 Å². The van der Waals surface area contributed by atoms with Crippen molar-refractivity contribution >= 4 is 5.97 Å². The zero-order chi connectivity index (χ0) is 18.0. The van der Waals surface area contributed by atoms with Crippen molar-refractivity contribution in [3.63, 3.8) is 0 Å². The van der Waals surface area contributed by atoms with E-state index in [1.165, 1.54) is 5.56 Å². The number of fused-ring (bicyclic) bond motifs is 1. The first-order valence-electron chi connectivity index (χ1n) is 8.50. The van der Waals surface area contributed by atoms with Crippen LogP contribution in [0.2, 0.25) is 0 Å². The van der Waals surface area contributed by atoms with Gasteiger partial charge in [0.15, 0.2) is 0 Å². The van der Waals surface area contributed by atoms with Gasteiger partial charge in [0.25, 0.3) is 0 Å². The Kier molecular flexibility index (Phi) is 4.65. The second-order valence-corrected chi connectivity index (χ2v) is 7.26. The third kappa shape index (κ3) is 3.92. The van der Waals surface area contributed by atoms with Crippen LogP contribution in [0.15, 0.2) is 42.5 Å². The summed E-state index contributed by atoms with van der Waals surface area (Å²) >= 11 is 0. The summed E-state index contributed by atoms with van der Waals surface area (Å²) in [5, 5.41) is 19.0. The number of rotatable bonds is 2. The lowest BCUT2D eigenvalue weighted by Gasteiger charge is -2.35. The molecule has 3 rings (SSSR count). The fraction of sp³-hybridized carbons (Fsp3) is 0.318. The van der Waals surface area contributed by atoms with Crippen LogP contribution in [-0.2, 0) is 16.6 Å². The number of aliphatic carboxylic acids is 1. The minimum absolute atomic E-state index is 0.0237. The molecular weight excluding hydrogens is 312 g/mol. The van der Waals surface area contributed by atoms with Crippen molar-refractivity contribution in [3.05, 3.63) is 70.3 Å². The molecule has 0 aliphatic heterocycles. The van der Waals surface area contributed by atoms with Crippen LogP contribution in [0.3, 0.4) is 0 Å². The van der Waals surface area contributed by atoms with Crippen molar-refractivity contribution in [2.24, 2.45) is 0 Å². The third-order valence-electron chi connectivity index (χ3n) is 4.84. The number of hydrogen-bond acceptors (Lipinski definition) is 2. The van der Waals surface area contributed by atoms with E-state index in [4.69, 9.17) is 5.11 Å². The molecule has 0 aromatic heterocycles. The maximum absolute atomic E-state index is 10.7. The van der Waals surface area contributed by atoms with Gasteiger partial charge < -0.3 is 10.2 Å². The Hall–Kier alpha value is -2.57. The van der Waals surface area contributed by atoms with Gasteiger partial charge in [-0.15, -0.1) is 0 Å². The fourth-order valence-corrected chi connectivity index (χ4v) is 3.32. The molecule has 0 saturated heterocycles. The van der Waals surface area contributed by atoms with E-state index in [1.807, 2.05) is 24.3 Å². The molecule has 1 unspecified atom stereocenters. The van der Waals surface area contributed by atoms with Crippen molar-refractivity contribution in [2.75, 3.05) is 0 Å². The quantitative estimate of drug-likeness (QED) is 0.821. The van der Waals surface area contributed by atoms with Crippen LogP contribution in [0.25, 0.3) is 0 Å². The first kappa shape index (κ1) is 17.3. The molecule has 3 nitrogen and oxygen atoms in total. The average molecular weight is 334 g/mol. The zero-order valence-electron chi connectivity index (χ0n) is 14.5. The summed E-state index contributed by atoms with van der Waals surface area (Å²) in [5.41, 5.74) is 4.78. The van der Waals surface area contributed by atoms with E-state index in [-0.39, 0.29) is 17.9 Å². The van der Waals surface area contributed by atoms with Gasteiger partial charge in [0.05, 0.1) is 12.5 Å². The molecule has 1 aliphatic carbocycles. The first-order chi connectivity index (χ1) is 11.8. The van der Waals surface area contributed by atoms with Gasteiger partial charge in [0, 0.05) is 11.1 Å². The minimum Gasteiger partial charge on any atom is -0.481 e. The van der Waals surface area contributed by atoms with Gasteiger partial charge in [-0.05, 0) is 59.2 Å². The second kappa shape index (κ2) is 6.74. The van der Waals surface area contributed by atoms with Gasteiger partial charge in [-0.25, -0.2) is 0 Å². The second-order valence-electron chi connectivity index (χ2n) is 7.26. The molecule has 2 aromatic carbocycles. The first-order valence-corrected chi connectivity index (χ1v) is 8.50. The van der Waals surface area contributed by atoms with Crippen LogP contribution in [-0.4, -0.2) is 16.2 Å². The summed E-state index contributed by atoms with van der Waals surface area (Å²) in [6, 6.07) is 13.3. The molecular formula is C22H22O3. The Labute approximate surface area is 148 Å². The van der Waals surface area contributed by atoms with Crippen LogP contribution in [0, 0.1) is 11.8 Å². The molecule has 0 radical (unpaired) electrons. The fourth-order valence-electron chi connectivity index (χ4n) is 3.32. The molecule has 0 heterocycles. The summed E-state index contributed by atoms with van der Waals surface area (Å²) in [6.45, 7) is 4.41. The van der Waals surface area contributed by atoms with Crippen molar-refractivity contribution in [1.29, 1.82) is 0 Å². The highest BCUT2D eigenvalue weighted by Crippen LogP contribution is 2.41. The number of aliphatic hydroxyl groups is 1. The van der Waals surface area contributed by atoms with Gasteiger partial charge >= 0.3 is 5.97 Å². The molecule has 0 fully saturated rings. The molecule has 2 aromatic rings. The SMILES string of the molecule is CC1(C)CCC(O)c2ccc(C#Cc3ccc(CC(=O)O)cc3)cc21. The average Bonchev–Trinajstić information content (AvgIpc) is 2.57. The topological polar surface area (TPSA) is 57.5 Å². The van der Waals surface area contributed by atoms with E-state index in [0.29, 0.717) is 0 Å². The molecule has 1 aliphatic rings. The summed E-state index contributed by atoms with van der Waals surface area (Å²) in [4.78, 5) is 10.7. The van der Waals surface area contributed by atoms with Crippen LogP contribution in [0.1, 0.15) is 60.6 Å². The van der Waals surface area contributed by atoms with Gasteiger partial charge in [-0.1, -0.05) is 43.9 Å². The number of aliphatic hydroxyl groups excluding tert-OH is 1. The molecule has 25 heavy (non-hydrogen) atoms. The number of benzene rings is 2. The van der Waals surface area contributed by atoms with E-state index in [0.717, 1.165) is 35.1 Å². The Morgan fingerprint density at radius 3 is 2.44 bits per heavy atom. The lowest BCUT2D eigenvalue weighted by molar-refractivity contribution is -0.136. The van der Waals surface area contributed by atoms with Gasteiger partial charge in [-0.3, -0.25) is 4.79 Å². The lowest BCUT2D eigenvalue weighted by Crippen LogP contribution is -2.26. The highest BCUT2D eigenvalue weighted by molar-refractivity contribution is 5.70. The maximum Gasteiger partial charge on any atom is 0.307 e. The number of carboxylic acid groups (broad SMARTS) is 1. The monoisotopic (exact) mass is 334 g/mol. The minimum atomic E-state index is -0.835. The Bertz CT molecular complexity index is 851. The predicted octanol–water partition coefficient (Wildman–Crippen LogP) is 3.82. The summed E-state index contributed by atoms with van der Waals surface area (Å²) < 4.78 is 0. The third-order valence-corrected chi connectivity index (χ3v) is 4.84. The highest BCUT2D eigenvalue weighted by atomic mass is 16.4. The van der Waals surface area contributed by atoms with E-state index in [1.54, 1.807) is 12.1 Å². The zero-order valence-corrected chi connectivity index (χ0v) is 14.5. The summed E-state index contributed by atoms with van der Waals surface area (Å²) in [5.74, 6) is 5.47. The molecule has 1 atom stereocenters. The van der Waals surface area contributed by atoms with E-state index in [2.05, 4.69) is 31.8 Å².